The molecular weight excluding hydrogens is 144 g/mol. The summed E-state index contributed by atoms with van der Waals surface area (Å²) in [5, 5.41) is 0. The maximum Gasteiger partial charge on any atom is 0.239 e. The average Bonchev–Trinajstić information content (AvgIpc) is 2.18. The first-order chi connectivity index (χ1) is 5.11. The monoisotopic (exact) mass is 156 g/mol. The van der Waals surface area contributed by atoms with Crippen LogP contribution in [0.5, 0.6) is 0 Å². The minimum atomic E-state index is -0.380. The van der Waals surface area contributed by atoms with E-state index in [1.54, 1.807) is 0 Å². The Morgan fingerprint density at radius 3 is 2.82 bits per heavy atom. The summed E-state index contributed by atoms with van der Waals surface area (Å²) >= 11 is 0. The molecule has 0 radical (unpaired) electrons. The van der Waals surface area contributed by atoms with E-state index < -0.39 is 0 Å². The number of ketones is 1. The largest absolute Gasteiger partial charge is 0.334 e. The van der Waals surface area contributed by atoms with Crippen molar-refractivity contribution in [2.75, 3.05) is 13.1 Å². The van der Waals surface area contributed by atoms with Gasteiger partial charge in [0.25, 0.3) is 0 Å². The predicted octanol–water partition coefficient (Wildman–Crippen LogP) is -0.865. The summed E-state index contributed by atoms with van der Waals surface area (Å²) in [5.41, 5.74) is 5.44. The lowest BCUT2D eigenvalue weighted by Gasteiger charge is -2.12. The zero-order valence-corrected chi connectivity index (χ0v) is 6.54. The van der Waals surface area contributed by atoms with Gasteiger partial charge >= 0.3 is 0 Å². The fraction of sp³-hybridized carbons (Fsp3) is 0.714. The number of amides is 1. The van der Waals surface area contributed by atoms with E-state index in [0.29, 0.717) is 13.0 Å². The van der Waals surface area contributed by atoms with Crippen LogP contribution in [0.4, 0.5) is 0 Å². The second-order valence-corrected chi connectivity index (χ2v) is 2.86. The molecule has 2 N–H and O–H groups in total. The minimum Gasteiger partial charge on any atom is -0.334 e. The van der Waals surface area contributed by atoms with Gasteiger partial charge in [0.15, 0.2) is 0 Å². The molecule has 0 aliphatic carbocycles. The highest BCUT2D eigenvalue weighted by Gasteiger charge is 2.28. The van der Waals surface area contributed by atoms with Crippen LogP contribution in [-0.2, 0) is 9.59 Å². The Bertz CT molecular complexity index is 191. The van der Waals surface area contributed by atoms with Gasteiger partial charge in [-0.25, -0.2) is 0 Å². The third-order valence-corrected chi connectivity index (χ3v) is 1.75. The molecular formula is C7H12N2O2. The van der Waals surface area contributed by atoms with Gasteiger partial charge in [-0.1, -0.05) is 0 Å². The molecule has 0 bridgehead atoms. The molecule has 0 unspecified atom stereocenters. The summed E-state index contributed by atoms with van der Waals surface area (Å²) < 4.78 is 0. The minimum absolute atomic E-state index is 0.00690. The van der Waals surface area contributed by atoms with E-state index in [0.717, 1.165) is 0 Å². The maximum atomic E-state index is 11.1. The van der Waals surface area contributed by atoms with Crippen molar-refractivity contribution in [1.82, 2.24) is 4.90 Å². The van der Waals surface area contributed by atoms with Crippen LogP contribution in [0.15, 0.2) is 0 Å². The first-order valence-corrected chi connectivity index (χ1v) is 3.65. The Morgan fingerprint density at radius 2 is 2.45 bits per heavy atom. The molecule has 1 heterocycles. The van der Waals surface area contributed by atoms with E-state index in [1.165, 1.54) is 11.8 Å². The van der Waals surface area contributed by atoms with Gasteiger partial charge in [0.1, 0.15) is 5.78 Å². The van der Waals surface area contributed by atoms with Crippen LogP contribution in [0.25, 0.3) is 0 Å². The molecule has 0 spiro atoms. The molecule has 0 aromatic carbocycles. The summed E-state index contributed by atoms with van der Waals surface area (Å²) in [7, 11) is 0. The second kappa shape index (κ2) is 3.00. The number of nitrogens with zero attached hydrogens (tertiary/aromatic N) is 1. The second-order valence-electron chi connectivity index (χ2n) is 2.86. The smallest absolute Gasteiger partial charge is 0.239 e. The summed E-state index contributed by atoms with van der Waals surface area (Å²) in [4.78, 5) is 23.2. The van der Waals surface area contributed by atoms with E-state index in [4.69, 9.17) is 5.73 Å². The summed E-state index contributed by atoms with van der Waals surface area (Å²) in [6.45, 7) is 2.31. The van der Waals surface area contributed by atoms with Crippen LogP contribution < -0.4 is 5.73 Å². The van der Waals surface area contributed by atoms with Crippen LogP contribution in [-0.4, -0.2) is 35.7 Å². The van der Waals surface area contributed by atoms with Crippen molar-refractivity contribution in [3.8, 4) is 0 Å². The quantitative estimate of drug-likeness (QED) is 0.565. The lowest BCUT2D eigenvalue weighted by molar-refractivity contribution is -0.132. The molecule has 1 aliphatic rings. The van der Waals surface area contributed by atoms with E-state index in [1.807, 2.05) is 0 Å². The molecule has 1 rings (SSSR count). The van der Waals surface area contributed by atoms with Gasteiger partial charge < -0.3 is 10.6 Å². The fourth-order valence-corrected chi connectivity index (χ4v) is 1.19. The van der Waals surface area contributed by atoms with Crippen molar-refractivity contribution in [3.05, 3.63) is 0 Å². The van der Waals surface area contributed by atoms with Crippen LogP contribution >= 0.6 is 0 Å². The summed E-state index contributed by atoms with van der Waals surface area (Å²) in [5.74, 6) is -0.0901. The molecule has 0 aromatic heterocycles. The zero-order valence-electron chi connectivity index (χ0n) is 6.54. The first kappa shape index (κ1) is 8.20. The van der Waals surface area contributed by atoms with Crippen molar-refractivity contribution in [1.29, 1.82) is 0 Å². The summed E-state index contributed by atoms with van der Waals surface area (Å²) in [6.07, 6.45) is 0.673. The Morgan fingerprint density at radius 1 is 1.82 bits per heavy atom. The van der Waals surface area contributed by atoms with Gasteiger partial charge in [-0.2, -0.15) is 0 Å². The molecule has 4 heteroatoms. The maximum absolute atomic E-state index is 11.1. The highest BCUT2D eigenvalue weighted by molar-refractivity contribution is 5.88. The van der Waals surface area contributed by atoms with Crippen LogP contribution in [0.3, 0.4) is 0 Å². The van der Waals surface area contributed by atoms with Gasteiger partial charge in [-0.15, -0.1) is 0 Å². The van der Waals surface area contributed by atoms with Gasteiger partial charge in [-0.3, -0.25) is 9.59 Å². The lowest BCUT2D eigenvalue weighted by atomic mass is 10.3. The fourth-order valence-electron chi connectivity index (χ4n) is 1.19. The van der Waals surface area contributed by atoms with Crippen molar-refractivity contribution in [2.45, 2.75) is 19.4 Å². The molecule has 1 fully saturated rings. The topological polar surface area (TPSA) is 63.4 Å². The Balaban J connectivity index is 2.49. The number of hydrogen-bond acceptors (Lipinski definition) is 3. The van der Waals surface area contributed by atoms with Crippen LogP contribution in [0.1, 0.15) is 13.3 Å². The predicted molar refractivity (Wildman–Crippen MR) is 39.9 cm³/mol. The van der Waals surface area contributed by atoms with E-state index in [9.17, 15) is 9.59 Å². The normalized spacial score (nSPS) is 24.4. The molecule has 1 saturated heterocycles. The van der Waals surface area contributed by atoms with Crippen molar-refractivity contribution in [2.24, 2.45) is 5.73 Å². The number of likely N-dealkylation sites (tertiary alicyclic amines) is 1. The standard InChI is InChI=1S/C7H12N2O2/c1-5(10)4-9-3-2-6(8)7(9)11/h6H,2-4,8H2,1H3/t6-/m1/s1. The first-order valence-electron chi connectivity index (χ1n) is 3.65. The van der Waals surface area contributed by atoms with Crippen molar-refractivity contribution in [3.63, 3.8) is 0 Å². The molecule has 0 saturated carbocycles. The third-order valence-electron chi connectivity index (χ3n) is 1.75. The Hall–Kier alpha value is -0.900. The molecule has 11 heavy (non-hydrogen) atoms. The molecule has 0 aromatic rings. The average molecular weight is 156 g/mol. The van der Waals surface area contributed by atoms with Gasteiger partial charge in [0.2, 0.25) is 5.91 Å². The van der Waals surface area contributed by atoms with Crippen molar-refractivity contribution < 1.29 is 9.59 Å². The van der Waals surface area contributed by atoms with Gasteiger partial charge in [0, 0.05) is 6.54 Å². The van der Waals surface area contributed by atoms with Crippen LogP contribution in [0.2, 0.25) is 0 Å². The lowest BCUT2D eigenvalue weighted by Crippen LogP contribution is -2.36. The SMILES string of the molecule is CC(=O)CN1CC[C@@H](N)C1=O. The number of rotatable bonds is 2. The third kappa shape index (κ3) is 1.77. The van der Waals surface area contributed by atoms with E-state index >= 15 is 0 Å². The van der Waals surface area contributed by atoms with Crippen LogP contribution in [0, 0.1) is 0 Å². The molecule has 62 valence electrons. The Kier molecular flexibility index (Phi) is 2.24. The number of carbonyl (C=O) groups is 2. The summed E-state index contributed by atoms with van der Waals surface area (Å²) in [6, 6.07) is -0.380. The van der Waals surface area contributed by atoms with Gasteiger partial charge in [0.05, 0.1) is 12.6 Å². The molecule has 1 amide bonds. The van der Waals surface area contributed by atoms with Crippen molar-refractivity contribution >= 4 is 11.7 Å². The van der Waals surface area contributed by atoms with E-state index in [2.05, 4.69) is 0 Å². The highest BCUT2D eigenvalue weighted by atomic mass is 16.2. The number of nitrogens with two attached hydrogens (primary N) is 1. The molecule has 4 nitrogen and oxygen atoms in total. The number of carbonyl (C=O) groups excluding carboxylic acids is 2. The Labute approximate surface area is 65.3 Å². The zero-order chi connectivity index (χ0) is 8.43. The molecule has 1 aliphatic heterocycles. The highest BCUT2D eigenvalue weighted by Crippen LogP contribution is 2.07. The van der Waals surface area contributed by atoms with Gasteiger partial charge in [-0.05, 0) is 13.3 Å². The van der Waals surface area contributed by atoms with E-state index in [-0.39, 0.29) is 24.3 Å². The molecule has 1 atom stereocenters. The number of hydrogen-bond donors (Lipinski definition) is 1. The number of Topliss-reactive ketones (excluding diaryl/α,β-unsaturated/α-hetero) is 1.